The lowest BCUT2D eigenvalue weighted by Gasteiger charge is -2.12. The molecule has 4 heteroatoms. The Kier molecular flexibility index (Phi) is 6.52. The van der Waals surface area contributed by atoms with Gasteiger partial charge in [0.2, 0.25) is 0 Å². The van der Waals surface area contributed by atoms with E-state index < -0.39 is 0 Å². The average Bonchev–Trinajstić information content (AvgIpc) is 3.64. The Morgan fingerprint density at radius 2 is 0.868 bits per heavy atom. The maximum Gasteiger partial charge on any atom is 0.164 e. The van der Waals surface area contributed by atoms with Crippen LogP contribution in [0, 0.1) is 0 Å². The molecule has 0 radical (unpaired) electrons. The molecule has 11 rings (SSSR count). The number of fused-ring (bicyclic) bond motifs is 10. The van der Waals surface area contributed by atoms with Crippen LogP contribution in [0.1, 0.15) is 0 Å². The molecule has 0 aliphatic heterocycles. The Hall–Kier alpha value is -7.17. The van der Waals surface area contributed by atoms with Gasteiger partial charge < -0.3 is 4.42 Å². The summed E-state index contributed by atoms with van der Waals surface area (Å²) in [6, 6.07) is 61.5. The molecule has 2 aromatic heterocycles. The number of hydrogen-bond donors (Lipinski definition) is 0. The van der Waals surface area contributed by atoms with Crippen LogP contribution >= 0.6 is 0 Å². The van der Waals surface area contributed by atoms with Crippen LogP contribution in [-0.4, -0.2) is 15.0 Å². The first-order chi connectivity index (χ1) is 26.3. The third-order valence-corrected chi connectivity index (χ3v) is 10.5. The second-order valence-corrected chi connectivity index (χ2v) is 13.5. The lowest BCUT2D eigenvalue weighted by molar-refractivity contribution is 0.670. The molecule has 0 saturated carbocycles. The average molecular weight is 676 g/mol. The summed E-state index contributed by atoms with van der Waals surface area (Å²) in [4.78, 5) is 15.6. The number of benzene rings is 9. The van der Waals surface area contributed by atoms with Gasteiger partial charge in [0.05, 0.1) is 0 Å². The third kappa shape index (κ3) is 4.73. The first-order valence-electron chi connectivity index (χ1n) is 17.9. The molecule has 0 aliphatic rings. The molecule has 0 atom stereocenters. The van der Waals surface area contributed by atoms with Crippen LogP contribution in [-0.2, 0) is 0 Å². The zero-order valence-electron chi connectivity index (χ0n) is 28.5. The summed E-state index contributed by atoms with van der Waals surface area (Å²) in [6.45, 7) is 0. The van der Waals surface area contributed by atoms with E-state index >= 15 is 0 Å². The first-order valence-corrected chi connectivity index (χ1v) is 17.9. The van der Waals surface area contributed by atoms with Crippen molar-refractivity contribution in [1.82, 2.24) is 15.0 Å². The van der Waals surface area contributed by atoms with Crippen LogP contribution < -0.4 is 0 Å². The van der Waals surface area contributed by atoms with Gasteiger partial charge >= 0.3 is 0 Å². The van der Waals surface area contributed by atoms with Gasteiger partial charge in [0.1, 0.15) is 11.2 Å². The predicted molar refractivity (Wildman–Crippen MR) is 219 cm³/mol. The molecule has 0 bridgehead atoms. The largest absolute Gasteiger partial charge is 0.455 e. The molecular formula is C49H29N3O. The number of furan rings is 1. The second kappa shape index (κ2) is 11.7. The van der Waals surface area contributed by atoms with Crippen molar-refractivity contribution in [2.75, 3.05) is 0 Å². The normalized spacial score (nSPS) is 11.8. The molecule has 246 valence electrons. The van der Waals surface area contributed by atoms with Gasteiger partial charge in [0, 0.05) is 33.0 Å². The third-order valence-electron chi connectivity index (χ3n) is 10.5. The van der Waals surface area contributed by atoms with Gasteiger partial charge in [0.15, 0.2) is 17.5 Å². The standard InChI is InChI=1S/C49H29N3O/c1-3-11-30(12-4-1)39-26-27-42(45-44-38-18-10-8-14-32(38)22-28-43(44)53-46(39)45)49-51-47(33-15-5-2-6-16-33)50-48(52-49)35-21-23-37-34(29-35)20-25-40-36-17-9-7-13-31(36)19-24-41(37)40/h1-29H. The van der Waals surface area contributed by atoms with Crippen LogP contribution in [0.25, 0.3) is 110 Å². The topological polar surface area (TPSA) is 51.8 Å². The van der Waals surface area contributed by atoms with Gasteiger partial charge in [-0.1, -0.05) is 152 Å². The number of nitrogens with zero attached hydrogens (tertiary/aromatic N) is 3. The molecule has 9 aromatic carbocycles. The van der Waals surface area contributed by atoms with Crippen molar-refractivity contribution in [3.05, 3.63) is 176 Å². The Balaban J connectivity index is 1.17. The molecule has 0 fully saturated rings. The van der Waals surface area contributed by atoms with Crippen molar-refractivity contribution in [3.63, 3.8) is 0 Å². The summed E-state index contributed by atoms with van der Waals surface area (Å²) in [5.41, 5.74) is 6.51. The molecule has 0 saturated heterocycles. The van der Waals surface area contributed by atoms with E-state index in [2.05, 4.69) is 152 Å². The minimum Gasteiger partial charge on any atom is -0.455 e. The number of rotatable bonds is 4. The second-order valence-electron chi connectivity index (χ2n) is 13.5. The van der Waals surface area contributed by atoms with E-state index in [9.17, 15) is 0 Å². The summed E-state index contributed by atoms with van der Waals surface area (Å²) in [6.07, 6.45) is 0. The van der Waals surface area contributed by atoms with Gasteiger partial charge in [-0.25, -0.2) is 15.0 Å². The predicted octanol–water partition coefficient (Wildman–Crippen LogP) is 13.1. The van der Waals surface area contributed by atoms with Crippen molar-refractivity contribution in [2.45, 2.75) is 0 Å². The van der Waals surface area contributed by atoms with Gasteiger partial charge in [-0.15, -0.1) is 0 Å². The first kappa shape index (κ1) is 29.5. The molecule has 0 unspecified atom stereocenters. The van der Waals surface area contributed by atoms with Gasteiger partial charge in [-0.05, 0) is 72.9 Å². The van der Waals surface area contributed by atoms with Crippen LogP contribution in [0.2, 0.25) is 0 Å². The number of hydrogen-bond acceptors (Lipinski definition) is 4. The lowest BCUT2D eigenvalue weighted by Crippen LogP contribution is -2.00. The minimum absolute atomic E-state index is 0.596. The molecule has 0 amide bonds. The SMILES string of the molecule is c1ccc(-c2nc(-c3ccc4c(ccc5c6ccccc6ccc45)c3)nc(-c3ccc(-c4ccccc4)c4oc5ccc6ccccc6c5c34)n2)cc1. The maximum atomic E-state index is 6.78. The van der Waals surface area contributed by atoms with Crippen LogP contribution in [0.3, 0.4) is 0 Å². The van der Waals surface area contributed by atoms with Crippen LogP contribution in [0.15, 0.2) is 180 Å². The minimum atomic E-state index is 0.596. The fraction of sp³-hybridized carbons (Fsp3) is 0. The van der Waals surface area contributed by atoms with Crippen LogP contribution in [0.4, 0.5) is 0 Å². The Bertz CT molecular complexity index is 3220. The fourth-order valence-corrected chi connectivity index (χ4v) is 7.98. The van der Waals surface area contributed by atoms with Crippen molar-refractivity contribution >= 4 is 65.0 Å². The monoisotopic (exact) mass is 675 g/mol. The highest BCUT2D eigenvalue weighted by Gasteiger charge is 2.22. The zero-order valence-corrected chi connectivity index (χ0v) is 28.5. The lowest BCUT2D eigenvalue weighted by atomic mass is 9.95. The van der Waals surface area contributed by atoms with Crippen LogP contribution in [0.5, 0.6) is 0 Å². The maximum absolute atomic E-state index is 6.78. The highest BCUT2D eigenvalue weighted by molar-refractivity contribution is 6.24. The van der Waals surface area contributed by atoms with Crippen molar-refractivity contribution < 1.29 is 4.42 Å². The molecule has 53 heavy (non-hydrogen) atoms. The Labute approximate surface area is 304 Å². The molecular weight excluding hydrogens is 647 g/mol. The number of aromatic nitrogens is 3. The fourth-order valence-electron chi connectivity index (χ4n) is 7.98. The highest BCUT2D eigenvalue weighted by Crippen LogP contribution is 2.44. The van der Waals surface area contributed by atoms with E-state index in [1.165, 1.54) is 26.9 Å². The Morgan fingerprint density at radius 3 is 1.64 bits per heavy atom. The summed E-state index contributed by atoms with van der Waals surface area (Å²) >= 11 is 0. The summed E-state index contributed by atoms with van der Waals surface area (Å²) < 4.78 is 6.78. The molecule has 11 aromatic rings. The molecule has 4 nitrogen and oxygen atoms in total. The van der Waals surface area contributed by atoms with Gasteiger partial charge in [0.25, 0.3) is 0 Å². The van der Waals surface area contributed by atoms with E-state index in [1.54, 1.807) is 0 Å². The summed E-state index contributed by atoms with van der Waals surface area (Å²) in [5, 5.41) is 11.6. The zero-order chi connectivity index (χ0) is 34.9. The van der Waals surface area contributed by atoms with E-state index in [0.717, 1.165) is 65.9 Å². The van der Waals surface area contributed by atoms with E-state index in [4.69, 9.17) is 19.4 Å². The van der Waals surface area contributed by atoms with Crippen molar-refractivity contribution in [2.24, 2.45) is 0 Å². The summed E-state index contributed by atoms with van der Waals surface area (Å²) in [5.74, 6) is 1.83. The smallest absolute Gasteiger partial charge is 0.164 e. The Morgan fingerprint density at radius 1 is 0.321 bits per heavy atom. The van der Waals surface area contributed by atoms with E-state index in [0.29, 0.717) is 17.5 Å². The van der Waals surface area contributed by atoms with E-state index in [1.807, 2.05) is 24.3 Å². The molecule has 0 spiro atoms. The van der Waals surface area contributed by atoms with E-state index in [-0.39, 0.29) is 0 Å². The quantitative estimate of drug-likeness (QED) is 0.174. The molecule has 2 heterocycles. The van der Waals surface area contributed by atoms with Crippen molar-refractivity contribution in [3.8, 4) is 45.3 Å². The molecule has 0 aliphatic carbocycles. The van der Waals surface area contributed by atoms with Crippen molar-refractivity contribution in [1.29, 1.82) is 0 Å². The van der Waals surface area contributed by atoms with Gasteiger partial charge in [-0.3, -0.25) is 0 Å². The molecule has 0 N–H and O–H groups in total. The summed E-state index contributed by atoms with van der Waals surface area (Å²) in [7, 11) is 0. The highest BCUT2D eigenvalue weighted by atomic mass is 16.3. The van der Waals surface area contributed by atoms with Gasteiger partial charge in [-0.2, -0.15) is 0 Å².